The Balaban J connectivity index is 1.74. The minimum atomic E-state index is -3.98. The molecule has 1 aliphatic carbocycles. The number of hydrogen-bond donors (Lipinski definition) is 1. The van der Waals surface area contributed by atoms with Gasteiger partial charge in [0.05, 0.1) is 5.75 Å². The van der Waals surface area contributed by atoms with Crippen molar-refractivity contribution in [3.05, 3.63) is 59.7 Å². The number of likely N-dealkylation sites (tertiary alicyclic amines) is 1. The Hall–Kier alpha value is -2.46. The van der Waals surface area contributed by atoms with Crippen molar-refractivity contribution in [3.8, 4) is 11.1 Å². The van der Waals surface area contributed by atoms with E-state index >= 15 is 4.39 Å². The minimum Gasteiger partial charge on any atom is -0.333 e. The van der Waals surface area contributed by atoms with Crippen LogP contribution in [-0.2, 0) is 21.2 Å². The molecule has 4 rings (SSSR count). The first-order chi connectivity index (χ1) is 15.3. The maximum atomic E-state index is 15.5. The number of amides is 1. The van der Waals surface area contributed by atoms with Crippen LogP contribution in [0.3, 0.4) is 0 Å². The van der Waals surface area contributed by atoms with Crippen molar-refractivity contribution < 1.29 is 30.8 Å². The molecule has 5 nitrogen and oxygen atoms in total. The normalized spacial score (nSPS) is 22.1. The molecule has 2 aliphatic rings. The molecule has 1 spiro atoms. The van der Waals surface area contributed by atoms with Gasteiger partial charge in [-0.3, -0.25) is 4.79 Å². The molecule has 1 saturated carbocycles. The van der Waals surface area contributed by atoms with Crippen molar-refractivity contribution in [2.24, 2.45) is 16.5 Å². The highest BCUT2D eigenvalue weighted by Gasteiger charge is 2.62. The third kappa shape index (κ3) is 4.77. The fraction of sp³-hybridized carbons (Fsp3) is 0.435. The largest absolute Gasteiger partial charge is 0.333 e. The number of halogens is 4. The first kappa shape index (κ1) is 23.7. The summed E-state index contributed by atoms with van der Waals surface area (Å²) in [6.45, 7) is 0.468. The second kappa shape index (κ2) is 8.09. The number of carbonyl (C=O) groups is 1. The molecule has 1 amide bonds. The van der Waals surface area contributed by atoms with E-state index in [1.54, 1.807) is 6.07 Å². The standard InChI is InChI=1S/C23H24F4N2O3S/c1-22(26,27)21(30)29-13-23(8-9-23)18(12-33(28,31)32)19(29)11-15-5-3-7-17(20(15)25)14-4-2-6-16(24)10-14/h2-7,10,18-19H,8-9,11-13H2,1H3,(H2,28,31,32). The van der Waals surface area contributed by atoms with Gasteiger partial charge in [0.15, 0.2) is 0 Å². The van der Waals surface area contributed by atoms with Gasteiger partial charge < -0.3 is 4.90 Å². The molecule has 10 heteroatoms. The van der Waals surface area contributed by atoms with Crippen molar-refractivity contribution >= 4 is 15.9 Å². The maximum Gasteiger partial charge on any atom is 0.322 e. The molecule has 0 radical (unpaired) electrons. The van der Waals surface area contributed by atoms with Crippen LogP contribution in [0.15, 0.2) is 42.5 Å². The molecule has 2 N–H and O–H groups in total. The van der Waals surface area contributed by atoms with Crippen LogP contribution in [-0.4, -0.2) is 43.5 Å². The fourth-order valence-corrected chi connectivity index (χ4v) is 6.07. The number of rotatable bonds is 6. The van der Waals surface area contributed by atoms with Crippen LogP contribution < -0.4 is 5.14 Å². The summed E-state index contributed by atoms with van der Waals surface area (Å²) in [6.07, 6.45) is 0.988. The molecule has 0 bridgehead atoms. The van der Waals surface area contributed by atoms with E-state index in [9.17, 15) is 26.4 Å². The number of nitrogens with zero attached hydrogens (tertiary/aromatic N) is 1. The molecule has 2 atom stereocenters. The molecular weight excluding hydrogens is 460 g/mol. The van der Waals surface area contributed by atoms with Crippen LogP contribution in [0.5, 0.6) is 0 Å². The Kier molecular flexibility index (Phi) is 5.81. The van der Waals surface area contributed by atoms with Crippen molar-refractivity contribution in [1.29, 1.82) is 0 Å². The van der Waals surface area contributed by atoms with E-state index in [0.29, 0.717) is 25.3 Å². The zero-order valence-corrected chi connectivity index (χ0v) is 18.7. The third-order valence-corrected chi connectivity index (χ3v) is 7.54. The highest BCUT2D eigenvalue weighted by molar-refractivity contribution is 7.89. The van der Waals surface area contributed by atoms with Gasteiger partial charge in [-0.1, -0.05) is 30.3 Å². The van der Waals surface area contributed by atoms with Gasteiger partial charge >= 0.3 is 5.92 Å². The topological polar surface area (TPSA) is 80.5 Å². The van der Waals surface area contributed by atoms with Crippen molar-refractivity contribution in [1.82, 2.24) is 4.90 Å². The van der Waals surface area contributed by atoms with E-state index in [1.165, 1.54) is 36.4 Å². The maximum absolute atomic E-state index is 15.5. The number of nitrogens with two attached hydrogens (primary N) is 1. The summed E-state index contributed by atoms with van der Waals surface area (Å²) in [4.78, 5) is 13.6. The number of alkyl halides is 2. The van der Waals surface area contributed by atoms with Gasteiger partial charge in [-0.05, 0) is 47.9 Å². The van der Waals surface area contributed by atoms with Gasteiger partial charge in [-0.25, -0.2) is 22.3 Å². The second-order valence-electron chi connectivity index (χ2n) is 9.18. The molecule has 33 heavy (non-hydrogen) atoms. The van der Waals surface area contributed by atoms with Crippen LogP contribution in [0.25, 0.3) is 11.1 Å². The van der Waals surface area contributed by atoms with Crippen LogP contribution in [0.4, 0.5) is 17.6 Å². The summed E-state index contributed by atoms with van der Waals surface area (Å²) < 4.78 is 80.9. The summed E-state index contributed by atoms with van der Waals surface area (Å²) in [7, 11) is -3.98. The Labute approximate surface area is 189 Å². The quantitative estimate of drug-likeness (QED) is 0.635. The fourth-order valence-electron chi connectivity index (χ4n) is 5.00. The number of primary sulfonamides is 1. The number of sulfonamides is 1. The van der Waals surface area contributed by atoms with E-state index in [1.807, 2.05) is 0 Å². The van der Waals surface area contributed by atoms with E-state index in [-0.39, 0.29) is 24.1 Å². The van der Waals surface area contributed by atoms with E-state index < -0.39 is 56.6 Å². The van der Waals surface area contributed by atoms with Crippen LogP contribution in [0.2, 0.25) is 0 Å². The Bertz CT molecular complexity index is 1190. The lowest BCUT2D eigenvalue weighted by Gasteiger charge is -2.30. The molecule has 2 fully saturated rings. The summed E-state index contributed by atoms with van der Waals surface area (Å²) in [6, 6.07) is 8.89. The van der Waals surface area contributed by atoms with E-state index in [4.69, 9.17) is 5.14 Å². The Morgan fingerprint density at radius 2 is 1.85 bits per heavy atom. The van der Waals surface area contributed by atoms with Crippen molar-refractivity contribution in [2.45, 2.75) is 38.2 Å². The number of benzene rings is 2. The monoisotopic (exact) mass is 484 g/mol. The molecule has 1 heterocycles. The summed E-state index contributed by atoms with van der Waals surface area (Å²) in [5, 5.41) is 5.28. The smallest absolute Gasteiger partial charge is 0.322 e. The lowest BCUT2D eigenvalue weighted by atomic mass is 9.86. The Morgan fingerprint density at radius 3 is 2.42 bits per heavy atom. The minimum absolute atomic E-state index is 0.0225. The predicted octanol–water partition coefficient (Wildman–Crippen LogP) is 3.73. The zero-order chi connectivity index (χ0) is 24.2. The molecule has 1 aliphatic heterocycles. The average molecular weight is 485 g/mol. The van der Waals surface area contributed by atoms with Crippen LogP contribution in [0.1, 0.15) is 25.3 Å². The third-order valence-electron chi connectivity index (χ3n) is 6.72. The van der Waals surface area contributed by atoms with Crippen LogP contribution in [0, 0.1) is 23.0 Å². The molecule has 178 valence electrons. The predicted molar refractivity (Wildman–Crippen MR) is 115 cm³/mol. The average Bonchev–Trinajstić information content (AvgIpc) is 3.43. The van der Waals surface area contributed by atoms with Gasteiger partial charge in [0.25, 0.3) is 5.91 Å². The van der Waals surface area contributed by atoms with Gasteiger partial charge in [0.2, 0.25) is 10.0 Å². The molecule has 2 aromatic rings. The SMILES string of the molecule is CC(F)(F)C(=O)N1CC2(CC2)C(CS(N)(=O)=O)C1Cc1cccc(-c2cccc(F)c2)c1F. The zero-order valence-electron chi connectivity index (χ0n) is 17.9. The lowest BCUT2D eigenvalue weighted by molar-refractivity contribution is -0.156. The van der Waals surface area contributed by atoms with Crippen molar-refractivity contribution in [3.63, 3.8) is 0 Å². The lowest BCUT2D eigenvalue weighted by Crippen LogP contribution is -2.47. The van der Waals surface area contributed by atoms with E-state index in [0.717, 1.165) is 4.90 Å². The molecule has 1 saturated heterocycles. The first-order valence-corrected chi connectivity index (χ1v) is 12.2. The van der Waals surface area contributed by atoms with E-state index in [2.05, 4.69) is 0 Å². The molecule has 2 aromatic carbocycles. The second-order valence-corrected chi connectivity index (χ2v) is 10.8. The van der Waals surface area contributed by atoms with Gasteiger partial charge in [-0.15, -0.1) is 0 Å². The molecule has 2 unspecified atom stereocenters. The molecular formula is C23H24F4N2O3S. The number of hydrogen-bond acceptors (Lipinski definition) is 3. The highest BCUT2D eigenvalue weighted by atomic mass is 32.2. The Morgan fingerprint density at radius 1 is 1.18 bits per heavy atom. The van der Waals surface area contributed by atoms with Gasteiger partial charge in [0, 0.05) is 31.0 Å². The summed E-state index contributed by atoms with van der Waals surface area (Å²) >= 11 is 0. The molecule has 0 aromatic heterocycles. The van der Waals surface area contributed by atoms with Crippen LogP contribution >= 0.6 is 0 Å². The highest BCUT2D eigenvalue weighted by Crippen LogP contribution is 2.59. The summed E-state index contributed by atoms with van der Waals surface area (Å²) in [5.41, 5.74) is -0.0771. The summed E-state index contributed by atoms with van der Waals surface area (Å²) in [5.74, 6) is -7.48. The van der Waals surface area contributed by atoms with Gasteiger partial charge in [-0.2, -0.15) is 8.78 Å². The van der Waals surface area contributed by atoms with Crippen molar-refractivity contribution in [2.75, 3.05) is 12.3 Å². The van der Waals surface area contributed by atoms with Gasteiger partial charge in [0.1, 0.15) is 11.6 Å². The first-order valence-electron chi connectivity index (χ1n) is 10.5. The number of carbonyl (C=O) groups excluding carboxylic acids is 1.